The molecule has 0 spiro atoms. The molecule has 6 nitrogen and oxygen atoms in total. The maximum absolute atomic E-state index is 5.36. The Labute approximate surface area is 128 Å². The van der Waals surface area contributed by atoms with Crippen molar-refractivity contribution in [3.63, 3.8) is 0 Å². The highest BCUT2D eigenvalue weighted by Gasteiger charge is 2.11. The molecule has 0 radical (unpaired) electrons. The largest absolute Gasteiger partial charge is 0.379 e. The van der Waals surface area contributed by atoms with Crippen molar-refractivity contribution in [3.05, 3.63) is 29.0 Å². The molecule has 2 aromatic rings. The highest BCUT2D eigenvalue weighted by molar-refractivity contribution is 7.09. The Kier molecular flexibility index (Phi) is 4.84. The van der Waals surface area contributed by atoms with Crippen molar-refractivity contribution in [2.75, 3.05) is 38.2 Å². The molecule has 1 aliphatic rings. The van der Waals surface area contributed by atoms with Crippen LogP contribution in [-0.4, -0.2) is 52.5 Å². The highest BCUT2D eigenvalue weighted by atomic mass is 32.1. The van der Waals surface area contributed by atoms with Gasteiger partial charge in [0.15, 0.2) is 0 Å². The number of nitrogens with zero attached hydrogens (tertiary/aromatic N) is 4. The summed E-state index contributed by atoms with van der Waals surface area (Å²) in [6, 6.07) is 0.210. The van der Waals surface area contributed by atoms with Gasteiger partial charge in [-0.15, -0.1) is 11.3 Å². The molecule has 7 heteroatoms. The zero-order valence-corrected chi connectivity index (χ0v) is 13.1. The minimum atomic E-state index is 0.210. The van der Waals surface area contributed by atoms with Crippen molar-refractivity contribution in [1.29, 1.82) is 0 Å². The van der Waals surface area contributed by atoms with Crippen molar-refractivity contribution < 1.29 is 4.74 Å². The maximum atomic E-state index is 5.36. The molecule has 3 heterocycles. The van der Waals surface area contributed by atoms with Crippen LogP contribution in [0.4, 0.5) is 5.69 Å². The molecule has 1 fully saturated rings. The van der Waals surface area contributed by atoms with Crippen molar-refractivity contribution >= 4 is 17.0 Å². The third-order valence-corrected chi connectivity index (χ3v) is 4.55. The van der Waals surface area contributed by atoms with Crippen LogP contribution in [0, 0.1) is 0 Å². The molecule has 1 aliphatic heterocycles. The van der Waals surface area contributed by atoms with Crippen LogP contribution in [0.1, 0.15) is 18.0 Å². The van der Waals surface area contributed by atoms with E-state index in [9.17, 15) is 0 Å². The van der Waals surface area contributed by atoms with Crippen LogP contribution < -0.4 is 5.32 Å². The zero-order chi connectivity index (χ0) is 14.5. The van der Waals surface area contributed by atoms with Crippen LogP contribution >= 0.6 is 11.3 Å². The average molecular weight is 307 g/mol. The lowest BCUT2D eigenvalue weighted by Crippen LogP contribution is -2.38. The molecule has 1 N–H and O–H groups in total. The molecule has 0 bridgehead atoms. The van der Waals surface area contributed by atoms with E-state index in [1.165, 1.54) is 0 Å². The Bertz CT molecular complexity index is 535. The molecule has 114 valence electrons. The third kappa shape index (κ3) is 4.03. The van der Waals surface area contributed by atoms with Crippen molar-refractivity contribution in [3.8, 4) is 0 Å². The lowest BCUT2D eigenvalue weighted by Gasteiger charge is -2.26. The monoisotopic (exact) mass is 307 g/mol. The number of hydrogen-bond acceptors (Lipinski definition) is 6. The van der Waals surface area contributed by atoms with Crippen LogP contribution in [0.15, 0.2) is 24.0 Å². The van der Waals surface area contributed by atoms with Gasteiger partial charge in [0.25, 0.3) is 0 Å². The summed E-state index contributed by atoms with van der Waals surface area (Å²) >= 11 is 1.67. The lowest BCUT2D eigenvalue weighted by molar-refractivity contribution is 0.0360. The molecule has 21 heavy (non-hydrogen) atoms. The minimum absolute atomic E-state index is 0.210. The van der Waals surface area contributed by atoms with E-state index in [1.54, 1.807) is 11.3 Å². The molecule has 2 aromatic heterocycles. The first-order valence-corrected chi connectivity index (χ1v) is 8.18. The van der Waals surface area contributed by atoms with Crippen molar-refractivity contribution in [2.24, 2.45) is 0 Å². The topological polar surface area (TPSA) is 55.2 Å². The predicted octanol–water partition coefficient (Wildman–Crippen LogP) is 1.84. The molecule has 0 aromatic carbocycles. The summed E-state index contributed by atoms with van der Waals surface area (Å²) in [5, 5.41) is 10.9. The number of nitrogens with one attached hydrogen (secondary N) is 1. The quantitative estimate of drug-likeness (QED) is 0.882. The Morgan fingerprint density at radius 1 is 1.38 bits per heavy atom. The second-order valence-corrected chi connectivity index (χ2v) is 6.11. The van der Waals surface area contributed by atoms with E-state index in [0.29, 0.717) is 0 Å². The Balaban J connectivity index is 1.49. The fourth-order valence-corrected chi connectivity index (χ4v) is 3.04. The van der Waals surface area contributed by atoms with Gasteiger partial charge in [0.1, 0.15) is 5.01 Å². The Morgan fingerprint density at radius 2 is 2.24 bits per heavy atom. The van der Waals surface area contributed by atoms with Gasteiger partial charge in [-0.1, -0.05) is 0 Å². The van der Waals surface area contributed by atoms with E-state index in [-0.39, 0.29) is 6.04 Å². The second-order valence-electron chi connectivity index (χ2n) is 5.18. The first-order valence-electron chi connectivity index (χ1n) is 7.30. The van der Waals surface area contributed by atoms with Gasteiger partial charge in [0.05, 0.1) is 37.7 Å². The maximum Gasteiger partial charge on any atom is 0.115 e. The fraction of sp³-hybridized carbons (Fsp3) is 0.571. The smallest absolute Gasteiger partial charge is 0.115 e. The summed E-state index contributed by atoms with van der Waals surface area (Å²) in [5.41, 5.74) is 1.04. The minimum Gasteiger partial charge on any atom is -0.379 e. The molecule has 0 saturated carbocycles. The fourth-order valence-electron chi connectivity index (χ4n) is 2.39. The van der Waals surface area contributed by atoms with Crippen LogP contribution in [0.3, 0.4) is 0 Å². The van der Waals surface area contributed by atoms with Gasteiger partial charge in [0.2, 0.25) is 0 Å². The summed E-state index contributed by atoms with van der Waals surface area (Å²) in [4.78, 5) is 6.74. The van der Waals surface area contributed by atoms with Gasteiger partial charge in [-0.2, -0.15) is 5.10 Å². The van der Waals surface area contributed by atoms with Gasteiger partial charge < -0.3 is 10.1 Å². The van der Waals surface area contributed by atoms with E-state index in [0.717, 1.165) is 50.1 Å². The van der Waals surface area contributed by atoms with E-state index in [4.69, 9.17) is 4.74 Å². The van der Waals surface area contributed by atoms with Crippen molar-refractivity contribution in [1.82, 2.24) is 19.7 Å². The van der Waals surface area contributed by atoms with E-state index < -0.39 is 0 Å². The summed E-state index contributed by atoms with van der Waals surface area (Å²) in [5.74, 6) is 0. The summed E-state index contributed by atoms with van der Waals surface area (Å²) < 4.78 is 7.35. The molecule has 0 aliphatic carbocycles. The molecule has 1 unspecified atom stereocenters. The highest BCUT2D eigenvalue weighted by Crippen LogP contribution is 2.20. The zero-order valence-electron chi connectivity index (χ0n) is 12.2. The van der Waals surface area contributed by atoms with Crippen LogP contribution in [-0.2, 0) is 11.3 Å². The Morgan fingerprint density at radius 3 is 3.00 bits per heavy atom. The standard InChI is InChI=1S/C14H21N5OS/c1-12(14-15-2-9-21-14)17-13-10-16-19(11-13)4-3-18-5-7-20-8-6-18/h2,9-12,17H,3-8H2,1H3. The van der Waals surface area contributed by atoms with Gasteiger partial charge >= 0.3 is 0 Å². The number of rotatable bonds is 6. The predicted molar refractivity (Wildman–Crippen MR) is 83.6 cm³/mol. The van der Waals surface area contributed by atoms with Gasteiger partial charge in [-0.3, -0.25) is 9.58 Å². The summed E-state index contributed by atoms with van der Waals surface area (Å²) in [7, 11) is 0. The van der Waals surface area contributed by atoms with Gasteiger partial charge in [0, 0.05) is 37.4 Å². The molecule has 1 saturated heterocycles. The van der Waals surface area contributed by atoms with Crippen LogP contribution in [0.5, 0.6) is 0 Å². The number of aromatic nitrogens is 3. The molecule has 0 amide bonds. The normalized spacial score (nSPS) is 17.8. The van der Waals surface area contributed by atoms with E-state index >= 15 is 0 Å². The van der Waals surface area contributed by atoms with Crippen molar-refractivity contribution in [2.45, 2.75) is 19.5 Å². The molecule has 1 atom stereocenters. The number of morpholine rings is 1. The SMILES string of the molecule is CC(Nc1cnn(CCN2CCOCC2)c1)c1nccs1. The molecular weight excluding hydrogens is 286 g/mol. The number of ether oxygens (including phenoxy) is 1. The number of anilines is 1. The van der Waals surface area contributed by atoms with Gasteiger partial charge in [-0.25, -0.2) is 4.98 Å². The third-order valence-electron chi connectivity index (χ3n) is 3.59. The number of hydrogen-bond donors (Lipinski definition) is 1. The first kappa shape index (κ1) is 14.5. The average Bonchev–Trinajstić information content (AvgIpc) is 3.18. The van der Waals surface area contributed by atoms with Crippen LogP contribution in [0.25, 0.3) is 0 Å². The molecule has 3 rings (SSSR count). The molecular formula is C14H21N5OS. The van der Waals surface area contributed by atoms with E-state index in [2.05, 4.69) is 33.4 Å². The second kappa shape index (κ2) is 7.02. The summed E-state index contributed by atoms with van der Waals surface area (Å²) in [6.07, 6.45) is 5.78. The lowest BCUT2D eigenvalue weighted by atomic mass is 10.3. The van der Waals surface area contributed by atoms with Crippen LogP contribution in [0.2, 0.25) is 0 Å². The van der Waals surface area contributed by atoms with E-state index in [1.807, 2.05) is 22.5 Å². The first-order chi connectivity index (χ1) is 10.3. The summed E-state index contributed by atoms with van der Waals surface area (Å²) in [6.45, 7) is 7.78. The number of thiazole rings is 1. The Hall–Kier alpha value is -1.44. The van der Waals surface area contributed by atoms with Gasteiger partial charge in [-0.05, 0) is 6.92 Å².